The van der Waals surface area contributed by atoms with Crippen molar-refractivity contribution in [2.45, 2.75) is 27.7 Å². The van der Waals surface area contributed by atoms with Crippen molar-refractivity contribution >= 4 is 34.9 Å². The molecular formula is C28H30Cl2N4O2. The summed E-state index contributed by atoms with van der Waals surface area (Å²) in [6.07, 6.45) is 0. The molecule has 1 aliphatic heterocycles. The maximum Gasteiger partial charge on any atom is 0.230 e. The molecule has 0 unspecified atom stereocenters. The Morgan fingerprint density at radius 2 is 1.81 bits per heavy atom. The molecule has 188 valence electrons. The highest BCUT2D eigenvalue weighted by Crippen LogP contribution is 2.34. The van der Waals surface area contributed by atoms with E-state index in [-0.39, 0.29) is 5.91 Å². The SMILES string of the molecule is Cc1c(NC(=O)C(C)(C)C)nn(-c2ccc(C#CCN3CCOCC3)cc2Cl)c1-c1ccc(Cl)cc1. The van der Waals surface area contributed by atoms with E-state index in [1.807, 2.05) is 70.2 Å². The van der Waals surface area contributed by atoms with Crippen LogP contribution in [0.2, 0.25) is 10.0 Å². The fraction of sp³-hybridized carbons (Fsp3) is 0.357. The average molecular weight is 525 g/mol. The molecule has 2 aromatic carbocycles. The molecule has 1 N–H and O–H groups in total. The Bertz CT molecular complexity index is 1310. The Morgan fingerprint density at radius 1 is 1.11 bits per heavy atom. The fourth-order valence-electron chi connectivity index (χ4n) is 3.80. The van der Waals surface area contributed by atoms with Crippen LogP contribution in [-0.4, -0.2) is 53.4 Å². The summed E-state index contributed by atoms with van der Waals surface area (Å²) in [5.41, 5.74) is 3.53. The van der Waals surface area contributed by atoms with Crippen LogP contribution >= 0.6 is 23.2 Å². The molecule has 0 bridgehead atoms. The Labute approximate surface area is 222 Å². The maximum absolute atomic E-state index is 12.7. The highest BCUT2D eigenvalue weighted by molar-refractivity contribution is 6.32. The Hall–Kier alpha value is -2.82. The molecular weight excluding hydrogens is 495 g/mol. The number of morpholine rings is 1. The molecule has 1 saturated heterocycles. The molecule has 1 fully saturated rings. The first kappa shape index (κ1) is 26.2. The van der Waals surface area contributed by atoms with Gasteiger partial charge in [0.1, 0.15) is 0 Å². The van der Waals surface area contributed by atoms with Crippen molar-refractivity contribution in [3.05, 3.63) is 63.6 Å². The number of amides is 1. The van der Waals surface area contributed by atoms with E-state index in [2.05, 4.69) is 22.1 Å². The monoisotopic (exact) mass is 524 g/mol. The topological polar surface area (TPSA) is 59.4 Å². The van der Waals surface area contributed by atoms with Gasteiger partial charge < -0.3 is 10.1 Å². The average Bonchev–Trinajstić information content (AvgIpc) is 3.15. The fourth-order valence-corrected chi connectivity index (χ4v) is 4.19. The summed E-state index contributed by atoms with van der Waals surface area (Å²) in [5.74, 6) is 6.81. The molecule has 0 saturated carbocycles. The number of anilines is 1. The summed E-state index contributed by atoms with van der Waals surface area (Å²) < 4.78 is 7.15. The summed E-state index contributed by atoms with van der Waals surface area (Å²) in [6, 6.07) is 13.2. The molecule has 0 atom stereocenters. The number of hydrogen-bond donors (Lipinski definition) is 1. The molecule has 1 aliphatic rings. The minimum absolute atomic E-state index is 0.116. The lowest BCUT2D eigenvalue weighted by Crippen LogP contribution is -2.36. The predicted octanol–water partition coefficient (Wildman–Crippen LogP) is 5.82. The lowest BCUT2D eigenvalue weighted by Gasteiger charge is -2.24. The zero-order valence-electron chi connectivity index (χ0n) is 21.0. The van der Waals surface area contributed by atoms with Gasteiger partial charge in [0.15, 0.2) is 5.82 Å². The maximum atomic E-state index is 12.7. The zero-order valence-corrected chi connectivity index (χ0v) is 22.5. The summed E-state index contributed by atoms with van der Waals surface area (Å²) in [4.78, 5) is 15.0. The number of nitrogens with one attached hydrogen (secondary N) is 1. The van der Waals surface area contributed by atoms with Gasteiger partial charge in [-0.2, -0.15) is 0 Å². The number of rotatable bonds is 4. The quantitative estimate of drug-likeness (QED) is 0.436. The molecule has 6 nitrogen and oxygen atoms in total. The molecule has 2 heterocycles. The second kappa shape index (κ2) is 11.1. The zero-order chi connectivity index (χ0) is 25.9. The van der Waals surface area contributed by atoms with Crippen molar-refractivity contribution < 1.29 is 9.53 Å². The molecule has 3 aromatic rings. The van der Waals surface area contributed by atoms with Crippen LogP contribution in [-0.2, 0) is 9.53 Å². The van der Waals surface area contributed by atoms with Crippen LogP contribution in [0.15, 0.2) is 42.5 Å². The van der Waals surface area contributed by atoms with E-state index >= 15 is 0 Å². The Morgan fingerprint density at radius 3 is 2.44 bits per heavy atom. The minimum atomic E-state index is -0.560. The second-order valence-electron chi connectivity index (χ2n) is 9.80. The van der Waals surface area contributed by atoms with Crippen molar-refractivity contribution in [2.24, 2.45) is 5.41 Å². The van der Waals surface area contributed by atoms with E-state index in [4.69, 9.17) is 33.0 Å². The van der Waals surface area contributed by atoms with Gasteiger partial charge in [0.25, 0.3) is 0 Å². The molecule has 8 heteroatoms. The van der Waals surface area contributed by atoms with Crippen LogP contribution in [0, 0.1) is 24.2 Å². The van der Waals surface area contributed by atoms with E-state index in [1.165, 1.54) is 0 Å². The predicted molar refractivity (Wildman–Crippen MR) is 146 cm³/mol. The number of aromatic nitrogens is 2. The molecule has 4 rings (SSSR count). The number of benzene rings is 2. The van der Waals surface area contributed by atoms with Crippen molar-refractivity contribution in [3.63, 3.8) is 0 Å². The first-order chi connectivity index (χ1) is 17.1. The number of ether oxygens (including phenoxy) is 1. The van der Waals surface area contributed by atoms with E-state index in [1.54, 1.807) is 4.68 Å². The highest BCUT2D eigenvalue weighted by Gasteiger charge is 2.25. The van der Waals surface area contributed by atoms with Crippen molar-refractivity contribution in [1.82, 2.24) is 14.7 Å². The lowest BCUT2D eigenvalue weighted by atomic mass is 9.95. The molecule has 36 heavy (non-hydrogen) atoms. The standard InChI is InChI=1S/C28H30Cl2N4O2/c1-19-25(21-8-10-22(29)11-9-21)34(32-26(19)31-27(35)28(2,3)4)24-12-7-20(18-23(24)30)6-5-13-33-14-16-36-17-15-33/h7-12,18H,13-17H2,1-4H3,(H,31,32,35). The summed E-state index contributed by atoms with van der Waals surface area (Å²) in [7, 11) is 0. The van der Waals surface area contributed by atoms with Crippen LogP contribution in [0.4, 0.5) is 5.82 Å². The van der Waals surface area contributed by atoms with E-state index in [9.17, 15) is 4.79 Å². The largest absolute Gasteiger partial charge is 0.379 e. The summed E-state index contributed by atoms with van der Waals surface area (Å²) >= 11 is 12.9. The number of carbonyl (C=O) groups excluding carboxylic acids is 1. The minimum Gasteiger partial charge on any atom is -0.379 e. The molecule has 0 radical (unpaired) electrons. The normalized spacial score (nSPS) is 14.3. The van der Waals surface area contributed by atoms with Gasteiger partial charge in [-0.1, -0.05) is 67.9 Å². The number of carbonyl (C=O) groups is 1. The molecule has 0 aliphatic carbocycles. The smallest absolute Gasteiger partial charge is 0.230 e. The number of halogens is 2. The van der Waals surface area contributed by atoms with Crippen LogP contribution in [0.25, 0.3) is 16.9 Å². The van der Waals surface area contributed by atoms with Crippen LogP contribution in [0.1, 0.15) is 31.9 Å². The van der Waals surface area contributed by atoms with E-state index in [0.29, 0.717) is 28.1 Å². The molecule has 1 aromatic heterocycles. The third-order valence-electron chi connectivity index (χ3n) is 5.97. The van der Waals surface area contributed by atoms with E-state index < -0.39 is 5.41 Å². The van der Waals surface area contributed by atoms with E-state index in [0.717, 1.165) is 48.7 Å². The first-order valence-corrected chi connectivity index (χ1v) is 12.6. The summed E-state index contributed by atoms with van der Waals surface area (Å²) in [5, 5.41) is 8.89. The van der Waals surface area contributed by atoms with Gasteiger partial charge in [0.2, 0.25) is 5.91 Å². The van der Waals surface area contributed by atoms with Gasteiger partial charge in [-0.25, -0.2) is 4.68 Å². The van der Waals surface area contributed by atoms with Gasteiger partial charge in [-0.15, -0.1) is 5.10 Å². The third-order valence-corrected chi connectivity index (χ3v) is 6.52. The third kappa shape index (κ3) is 6.11. The summed E-state index contributed by atoms with van der Waals surface area (Å²) in [6.45, 7) is 11.5. The highest BCUT2D eigenvalue weighted by atomic mass is 35.5. The van der Waals surface area contributed by atoms with Gasteiger partial charge >= 0.3 is 0 Å². The first-order valence-electron chi connectivity index (χ1n) is 11.9. The Kier molecular flexibility index (Phi) is 8.07. The second-order valence-corrected chi connectivity index (χ2v) is 10.6. The molecule has 0 spiro atoms. The van der Waals surface area contributed by atoms with Crippen molar-refractivity contribution in [1.29, 1.82) is 0 Å². The van der Waals surface area contributed by atoms with Crippen LogP contribution < -0.4 is 5.32 Å². The van der Waals surface area contributed by atoms with Crippen molar-refractivity contribution in [3.8, 4) is 28.8 Å². The van der Waals surface area contributed by atoms with Gasteiger partial charge in [0.05, 0.1) is 36.2 Å². The van der Waals surface area contributed by atoms with Gasteiger partial charge in [0, 0.05) is 40.2 Å². The van der Waals surface area contributed by atoms with Gasteiger partial charge in [-0.05, 0) is 37.3 Å². The number of nitrogens with zero attached hydrogens (tertiary/aromatic N) is 3. The number of hydrogen-bond acceptors (Lipinski definition) is 4. The molecule has 1 amide bonds. The van der Waals surface area contributed by atoms with Gasteiger partial charge in [-0.3, -0.25) is 9.69 Å². The Balaban J connectivity index is 1.69. The van der Waals surface area contributed by atoms with Crippen molar-refractivity contribution in [2.75, 3.05) is 38.2 Å². The van der Waals surface area contributed by atoms with Crippen LogP contribution in [0.5, 0.6) is 0 Å². The lowest BCUT2D eigenvalue weighted by molar-refractivity contribution is -0.123. The van der Waals surface area contributed by atoms with Crippen LogP contribution in [0.3, 0.4) is 0 Å².